The van der Waals surface area contributed by atoms with E-state index in [4.69, 9.17) is 9.47 Å². The summed E-state index contributed by atoms with van der Waals surface area (Å²) < 4.78 is 11.4. The molecule has 2 fully saturated rings. The molecule has 27 heavy (non-hydrogen) atoms. The molecule has 3 rings (SSSR count). The Morgan fingerprint density at radius 1 is 1.26 bits per heavy atom. The van der Waals surface area contributed by atoms with Gasteiger partial charge in [0.15, 0.2) is 11.5 Å². The van der Waals surface area contributed by atoms with Crippen LogP contribution in [0.5, 0.6) is 11.5 Å². The zero-order valence-electron chi connectivity index (χ0n) is 15.5. The Kier molecular flexibility index (Phi) is 6.79. The first-order valence-corrected chi connectivity index (χ1v) is 10.1. The quantitative estimate of drug-likeness (QED) is 0.687. The number of imide groups is 1. The maximum Gasteiger partial charge on any atom is 0.290 e. The monoisotopic (exact) mass is 391 g/mol. The predicted octanol–water partition coefficient (Wildman–Crippen LogP) is 3.86. The third-order valence-electron chi connectivity index (χ3n) is 4.98. The molecule has 2 aliphatic rings. The van der Waals surface area contributed by atoms with Crippen LogP contribution in [-0.2, 0) is 11.4 Å². The van der Waals surface area contributed by atoms with Crippen LogP contribution in [0.1, 0.15) is 49.7 Å². The summed E-state index contributed by atoms with van der Waals surface area (Å²) in [6.07, 6.45) is 9.06. The third-order valence-corrected chi connectivity index (χ3v) is 5.79. The van der Waals surface area contributed by atoms with Crippen molar-refractivity contribution in [3.63, 3.8) is 0 Å². The van der Waals surface area contributed by atoms with Crippen LogP contribution in [-0.4, -0.2) is 30.0 Å². The number of nitrogens with one attached hydrogen (secondary N) is 1. The summed E-state index contributed by atoms with van der Waals surface area (Å²) in [7, 11) is 1.54. The van der Waals surface area contributed by atoms with Crippen molar-refractivity contribution in [1.82, 2.24) is 5.32 Å². The maximum absolute atomic E-state index is 11.7. The van der Waals surface area contributed by atoms with Gasteiger partial charge in [-0.1, -0.05) is 32.1 Å². The van der Waals surface area contributed by atoms with Gasteiger partial charge in [-0.25, -0.2) is 0 Å². The normalized spacial score (nSPS) is 19.4. The Hall–Kier alpha value is -1.99. The number of carbonyl (C=O) groups excluding carboxylic acids is 2. The highest BCUT2D eigenvalue weighted by Gasteiger charge is 2.25. The number of aliphatic hydroxyl groups is 1. The van der Waals surface area contributed by atoms with Gasteiger partial charge in [-0.3, -0.25) is 14.9 Å². The average molecular weight is 391 g/mol. The fourth-order valence-corrected chi connectivity index (χ4v) is 4.26. The van der Waals surface area contributed by atoms with E-state index in [9.17, 15) is 14.7 Å². The fourth-order valence-electron chi connectivity index (χ4n) is 3.58. The molecule has 1 saturated heterocycles. The first-order valence-electron chi connectivity index (χ1n) is 9.30. The van der Waals surface area contributed by atoms with Crippen LogP contribution in [0.4, 0.5) is 4.79 Å². The molecule has 1 aliphatic heterocycles. The van der Waals surface area contributed by atoms with Crippen molar-refractivity contribution in [3.8, 4) is 11.5 Å². The summed E-state index contributed by atoms with van der Waals surface area (Å²) in [5, 5.41) is 11.6. The fraction of sp³-hybridized carbons (Fsp3) is 0.500. The van der Waals surface area contributed by atoms with Crippen LogP contribution in [0.25, 0.3) is 6.08 Å². The van der Waals surface area contributed by atoms with Gasteiger partial charge in [0.05, 0.1) is 25.2 Å². The largest absolute Gasteiger partial charge is 0.493 e. The number of methoxy groups -OCH3 is 1. The van der Waals surface area contributed by atoms with Crippen molar-refractivity contribution in [1.29, 1.82) is 0 Å². The predicted molar refractivity (Wildman–Crippen MR) is 105 cm³/mol. The number of amides is 2. The molecule has 0 radical (unpaired) electrons. The molecule has 0 aromatic heterocycles. The van der Waals surface area contributed by atoms with Crippen LogP contribution in [0.15, 0.2) is 17.0 Å². The van der Waals surface area contributed by atoms with Crippen molar-refractivity contribution in [3.05, 3.63) is 28.2 Å². The molecule has 6 nitrogen and oxygen atoms in total. The van der Waals surface area contributed by atoms with E-state index < -0.39 is 5.91 Å². The van der Waals surface area contributed by atoms with Gasteiger partial charge in [0.25, 0.3) is 11.1 Å². The Morgan fingerprint density at radius 3 is 2.67 bits per heavy atom. The Balaban J connectivity index is 1.74. The number of ether oxygens (including phenoxy) is 2. The Morgan fingerprint density at radius 2 is 2.04 bits per heavy atom. The van der Waals surface area contributed by atoms with Gasteiger partial charge in [-0.05, 0) is 47.9 Å². The van der Waals surface area contributed by atoms with Crippen molar-refractivity contribution in [2.75, 3.05) is 13.7 Å². The molecule has 1 aliphatic carbocycles. The van der Waals surface area contributed by atoms with Crippen molar-refractivity contribution >= 4 is 29.0 Å². The first kappa shape index (κ1) is 19.8. The summed E-state index contributed by atoms with van der Waals surface area (Å²) in [4.78, 5) is 23.4. The van der Waals surface area contributed by atoms with E-state index in [1.165, 1.54) is 32.1 Å². The molecule has 0 spiro atoms. The minimum Gasteiger partial charge on any atom is -0.493 e. The molecule has 1 aromatic rings. The Bertz CT molecular complexity index is 715. The number of carbonyl (C=O) groups is 2. The van der Waals surface area contributed by atoms with Gasteiger partial charge in [-0.15, -0.1) is 0 Å². The molecule has 1 aromatic carbocycles. The zero-order chi connectivity index (χ0) is 19.2. The number of rotatable bonds is 7. The summed E-state index contributed by atoms with van der Waals surface area (Å²) in [6.45, 7) is 0.381. The SMILES string of the molecule is COc1cc(C=C2SC(=O)NC2=O)cc(CO)c1OCCC1CCCCC1. The highest BCUT2D eigenvalue weighted by molar-refractivity contribution is 8.18. The van der Waals surface area contributed by atoms with E-state index in [0.29, 0.717) is 40.1 Å². The van der Waals surface area contributed by atoms with Crippen LogP contribution in [0, 0.1) is 5.92 Å². The minimum absolute atomic E-state index is 0.204. The molecule has 1 heterocycles. The van der Waals surface area contributed by atoms with Crippen LogP contribution in [0.3, 0.4) is 0 Å². The maximum atomic E-state index is 11.7. The lowest BCUT2D eigenvalue weighted by molar-refractivity contribution is -0.115. The number of benzene rings is 1. The third kappa shape index (κ3) is 5.05. The summed E-state index contributed by atoms with van der Waals surface area (Å²) in [6, 6.07) is 3.50. The first-order chi connectivity index (χ1) is 13.1. The standard InChI is InChI=1S/C20H25NO5S/c1-25-16-10-14(11-17-19(23)21-20(24)27-17)9-15(12-22)18(16)26-8-7-13-5-3-2-4-6-13/h9-11,13,22H,2-8,12H2,1H3,(H,21,23,24). The van der Waals surface area contributed by atoms with Crippen molar-refractivity contribution in [2.45, 2.75) is 45.1 Å². The lowest BCUT2D eigenvalue weighted by Gasteiger charge is -2.22. The molecule has 0 unspecified atom stereocenters. The number of thioether (sulfide) groups is 1. The lowest BCUT2D eigenvalue weighted by Crippen LogP contribution is -2.17. The highest BCUT2D eigenvalue weighted by atomic mass is 32.2. The van der Waals surface area contributed by atoms with Gasteiger partial charge in [0.1, 0.15) is 0 Å². The van der Waals surface area contributed by atoms with Gasteiger partial charge >= 0.3 is 0 Å². The topological polar surface area (TPSA) is 84.9 Å². The van der Waals surface area contributed by atoms with Crippen LogP contribution >= 0.6 is 11.8 Å². The van der Waals surface area contributed by atoms with Crippen molar-refractivity contribution in [2.24, 2.45) is 5.92 Å². The van der Waals surface area contributed by atoms with E-state index in [0.717, 1.165) is 18.2 Å². The second kappa shape index (κ2) is 9.28. The molecule has 2 N–H and O–H groups in total. The van der Waals surface area contributed by atoms with Gasteiger partial charge < -0.3 is 14.6 Å². The zero-order valence-corrected chi connectivity index (χ0v) is 16.3. The number of hydrogen-bond donors (Lipinski definition) is 2. The minimum atomic E-state index is -0.415. The van der Waals surface area contributed by atoms with Gasteiger partial charge in [0, 0.05) is 5.56 Å². The summed E-state index contributed by atoms with van der Waals surface area (Å²) >= 11 is 0.856. The van der Waals surface area contributed by atoms with Gasteiger partial charge in [0.2, 0.25) is 0 Å². The molecular formula is C20H25NO5S. The van der Waals surface area contributed by atoms with E-state index >= 15 is 0 Å². The summed E-state index contributed by atoms with van der Waals surface area (Å²) in [5.74, 6) is 1.34. The second-order valence-electron chi connectivity index (χ2n) is 6.86. The average Bonchev–Trinajstić information content (AvgIpc) is 2.99. The van der Waals surface area contributed by atoms with Crippen LogP contribution < -0.4 is 14.8 Å². The molecule has 146 valence electrons. The molecule has 7 heteroatoms. The Labute approximate surface area is 163 Å². The number of hydrogen-bond acceptors (Lipinski definition) is 6. The van der Waals surface area contributed by atoms with E-state index in [2.05, 4.69) is 5.32 Å². The lowest BCUT2D eigenvalue weighted by atomic mass is 9.87. The van der Waals surface area contributed by atoms with Gasteiger partial charge in [-0.2, -0.15) is 0 Å². The molecule has 2 amide bonds. The molecule has 0 bridgehead atoms. The van der Waals surface area contributed by atoms with Crippen molar-refractivity contribution < 1.29 is 24.2 Å². The number of aliphatic hydroxyl groups excluding tert-OH is 1. The van der Waals surface area contributed by atoms with E-state index in [1.54, 1.807) is 25.3 Å². The van der Waals surface area contributed by atoms with Crippen LogP contribution in [0.2, 0.25) is 0 Å². The summed E-state index contributed by atoms with van der Waals surface area (Å²) in [5.41, 5.74) is 1.27. The second-order valence-corrected chi connectivity index (χ2v) is 7.88. The molecule has 1 saturated carbocycles. The molecular weight excluding hydrogens is 366 g/mol. The smallest absolute Gasteiger partial charge is 0.290 e. The molecule has 0 atom stereocenters. The van der Waals surface area contributed by atoms with E-state index in [-0.39, 0.29) is 11.8 Å². The van der Waals surface area contributed by atoms with E-state index in [1.807, 2.05) is 0 Å². The highest BCUT2D eigenvalue weighted by Crippen LogP contribution is 2.36.